The summed E-state index contributed by atoms with van der Waals surface area (Å²) in [5.74, 6) is -1.45. The Morgan fingerprint density at radius 3 is 1.45 bits per heavy atom. The van der Waals surface area contributed by atoms with E-state index in [-0.39, 0.29) is 11.8 Å². The van der Waals surface area contributed by atoms with E-state index in [1.807, 2.05) is 6.08 Å². The zero-order chi connectivity index (χ0) is 29.5. The third-order valence-corrected chi connectivity index (χ3v) is 7.74. The van der Waals surface area contributed by atoms with Crippen LogP contribution >= 0.6 is 0 Å². The van der Waals surface area contributed by atoms with Crippen LogP contribution in [0.4, 0.5) is 0 Å². The van der Waals surface area contributed by atoms with Gasteiger partial charge in [-0.25, -0.2) is 4.79 Å². The maximum absolute atomic E-state index is 12.3. The van der Waals surface area contributed by atoms with E-state index in [4.69, 9.17) is 5.11 Å². The van der Waals surface area contributed by atoms with Crippen LogP contribution in [-0.2, 0) is 9.59 Å². The topological polar surface area (TPSA) is 74.6 Å². The van der Waals surface area contributed by atoms with E-state index >= 15 is 0 Å². The summed E-state index contributed by atoms with van der Waals surface area (Å²) in [4.78, 5) is 22.7. The Morgan fingerprint density at radius 1 is 0.525 bits per heavy atom. The molecule has 0 aromatic carbocycles. The quantitative estimate of drug-likeness (QED) is 0.0544. The predicted octanol–water partition coefficient (Wildman–Crippen LogP) is 11.2. The van der Waals surface area contributed by atoms with Crippen molar-refractivity contribution in [1.82, 2.24) is 0 Å². The molecule has 230 valence electrons. The summed E-state index contributed by atoms with van der Waals surface area (Å²) in [6, 6.07) is 0. The molecule has 4 nitrogen and oxygen atoms in total. The van der Waals surface area contributed by atoms with E-state index in [0.29, 0.717) is 0 Å². The van der Waals surface area contributed by atoms with Crippen LogP contribution in [0.1, 0.15) is 155 Å². The minimum absolute atomic E-state index is 0.209. The second-order valence-electron chi connectivity index (χ2n) is 11.4. The van der Waals surface area contributed by atoms with Gasteiger partial charge in [-0.05, 0) is 63.7 Å². The lowest BCUT2D eigenvalue weighted by molar-refractivity contribution is -0.144. The van der Waals surface area contributed by atoms with Gasteiger partial charge in [0.2, 0.25) is 0 Å². The van der Waals surface area contributed by atoms with Gasteiger partial charge in [0, 0.05) is 6.08 Å². The van der Waals surface area contributed by atoms with Crippen molar-refractivity contribution < 1.29 is 19.8 Å². The van der Waals surface area contributed by atoms with E-state index in [2.05, 4.69) is 38.2 Å². The summed E-state index contributed by atoms with van der Waals surface area (Å²) in [7, 11) is 0. The van der Waals surface area contributed by atoms with Crippen LogP contribution in [0.25, 0.3) is 0 Å². The first-order valence-electron chi connectivity index (χ1n) is 16.6. The van der Waals surface area contributed by atoms with Gasteiger partial charge in [0.15, 0.2) is 0 Å². The van der Waals surface area contributed by atoms with Crippen molar-refractivity contribution in [2.45, 2.75) is 155 Å². The molecule has 2 N–H and O–H groups in total. The number of carboxylic acid groups (broad SMARTS) is 2. The van der Waals surface area contributed by atoms with Gasteiger partial charge < -0.3 is 10.2 Å². The van der Waals surface area contributed by atoms with Crippen LogP contribution in [0.15, 0.2) is 48.6 Å². The zero-order valence-corrected chi connectivity index (χ0v) is 26.0. The monoisotopic (exact) mass is 558 g/mol. The van der Waals surface area contributed by atoms with Crippen LogP contribution in [0.5, 0.6) is 0 Å². The number of unbranched alkanes of at least 4 members (excludes halogenated alkanes) is 15. The molecule has 0 aliphatic heterocycles. The van der Waals surface area contributed by atoms with Crippen molar-refractivity contribution in [2.24, 2.45) is 11.8 Å². The standard InChI is InChI=1S/C36H62O4/c1-3-5-7-9-10-11-12-13-14-15-16-19-23-27-31-34(36(39)40)33(29-25-21-8-6-4-2)30-26-22-18-17-20-24-28-32-35(37)38/h10-13,20,24,28,32-34H,3-9,14-19,21-23,25-27,29-31H2,1-2H3,(H,37,38)(H,39,40). The Balaban J connectivity index is 4.38. The highest BCUT2D eigenvalue weighted by Gasteiger charge is 2.26. The third kappa shape index (κ3) is 26.1. The molecule has 0 amide bonds. The Bertz CT molecular complexity index is 704. The van der Waals surface area contributed by atoms with E-state index in [9.17, 15) is 14.7 Å². The van der Waals surface area contributed by atoms with Crippen LogP contribution in [0.3, 0.4) is 0 Å². The largest absolute Gasteiger partial charge is 0.481 e. The third-order valence-electron chi connectivity index (χ3n) is 7.74. The van der Waals surface area contributed by atoms with Crippen molar-refractivity contribution in [3.05, 3.63) is 48.6 Å². The first-order chi connectivity index (χ1) is 19.5. The number of carboxylic acids is 2. The first-order valence-corrected chi connectivity index (χ1v) is 16.6. The fourth-order valence-electron chi connectivity index (χ4n) is 5.29. The van der Waals surface area contributed by atoms with Gasteiger partial charge >= 0.3 is 11.9 Å². The molecule has 0 aliphatic carbocycles. The van der Waals surface area contributed by atoms with Crippen molar-refractivity contribution >= 4 is 11.9 Å². The van der Waals surface area contributed by atoms with E-state index in [0.717, 1.165) is 76.7 Å². The lowest BCUT2D eigenvalue weighted by atomic mass is 9.80. The van der Waals surface area contributed by atoms with Gasteiger partial charge in [0.05, 0.1) is 5.92 Å². The summed E-state index contributed by atoms with van der Waals surface area (Å²) >= 11 is 0. The summed E-state index contributed by atoms with van der Waals surface area (Å²) in [6.45, 7) is 4.46. The number of rotatable bonds is 29. The number of hydrogen-bond donors (Lipinski definition) is 2. The Kier molecular flexibility index (Phi) is 28.3. The summed E-state index contributed by atoms with van der Waals surface area (Å²) in [5.41, 5.74) is 0. The second-order valence-corrected chi connectivity index (χ2v) is 11.4. The highest BCUT2D eigenvalue weighted by atomic mass is 16.4. The van der Waals surface area contributed by atoms with Gasteiger partial charge in [0.25, 0.3) is 0 Å². The molecule has 0 saturated carbocycles. The average molecular weight is 559 g/mol. The maximum Gasteiger partial charge on any atom is 0.328 e. The van der Waals surface area contributed by atoms with Gasteiger partial charge in [0.1, 0.15) is 0 Å². The molecule has 4 heteroatoms. The van der Waals surface area contributed by atoms with E-state index in [1.165, 1.54) is 70.6 Å². The molecular formula is C36H62O4. The molecular weight excluding hydrogens is 496 g/mol. The van der Waals surface area contributed by atoms with E-state index in [1.54, 1.807) is 12.2 Å². The van der Waals surface area contributed by atoms with Gasteiger partial charge in [-0.2, -0.15) is 0 Å². The fraction of sp³-hybridized carbons (Fsp3) is 0.722. The van der Waals surface area contributed by atoms with Gasteiger partial charge in [-0.1, -0.05) is 140 Å². The van der Waals surface area contributed by atoms with Crippen molar-refractivity contribution in [1.29, 1.82) is 0 Å². The molecule has 2 atom stereocenters. The van der Waals surface area contributed by atoms with Crippen LogP contribution in [-0.4, -0.2) is 22.2 Å². The Labute approximate surface area is 247 Å². The Hall–Kier alpha value is -2.10. The predicted molar refractivity (Wildman–Crippen MR) is 172 cm³/mol. The SMILES string of the molecule is CCCCCC=CC=CCCCCCCCC(C(=O)O)C(CCCCCC=CC=CC(=O)O)CCCCCCC. The lowest BCUT2D eigenvalue weighted by Crippen LogP contribution is -2.24. The maximum atomic E-state index is 12.3. The van der Waals surface area contributed by atoms with E-state index < -0.39 is 11.9 Å². The molecule has 2 unspecified atom stereocenters. The zero-order valence-electron chi connectivity index (χ0n) is 26.0. The van der Waals surface area contributed by atoms with Crippen molar-refractivity contribution in [3.8, 4) is 0 Å². The highest BCUT2D eigenvalue weighted by Crippen LogP contribution is 2.30. The minimum Gasteiger partial charge on any atom is -0.481 e. The molecule has 0 spiro atoms. The van der Waals surface area contributed by atoms with Gasteiger partial charge in [-0.15, -0.1) is 0 Å². The second kappa shape index (κ2) is 29.9. The molecule has 0 fully saturated rings. The average Bonchev–Trinajstić information content (AvgIpc) is 2.93. The molecule has 0 aromatic rings. The molecule has 0 saturated heterocycles. The molecule has 0 aliphatic rings. The molecule has 0 aromatic heterocycles. The summed E-state index contributed by atoms with van der Waals surface area (Å²) in [6.07, 6.45) is 40.5. The van der Waals surface area contributed by atoms with Crippen molar-refractivity contribution in [3.63, 3.8) is 0 Å². The van der Waals surface area contributed by atoms with Crippen LogP contribution in [0, 0.1) is 11.8 Å². The molecule has 0 radical (unpaired) electrons. The Morgan fingerprint density at radius 2 is 0.925 bits per heavy atom. The molecule has 0 bridgehead atoms. The van der Waals surface area contributed by atoms with Gasteiger partial charge in [-0.3, -0.25) is 4.79 Å². The molecule has 0 rings (SSSR count). The normalized spacial score (nSPS) is 13.8. The first kappa shape index (κ1) is 37.9. The number of hydrogen-bond acceptors (Lipinski definition) is 2. The van der Waals surface area contributed by atoms with Crippen LogP contribution < -0.4 is 0 Å². The molecule has 40 heavy (non-hydrogen) atoms. The molecule has 0 heterocycles. The smallest absolute Gasteiger partial charge is 0.328 e. The highest BCUT2D eigenvalue weighted by molar-refractivity contribution is 5.80. The minimum atomic E-state index is -0.928. The summed E-state index contributed by atoms with van der Waals surface area (Å²) < 4.78 is 0. The lowest BCUT2D eigenvalue weighted by Gasteiger charge is -2.24. The number of aliphatic carboxylic acids is 2. The van der Waals surface area contributed by atoms with Crippen LogP contribution in [0.2, 0.25) is 0 Å². The fourth-order valence-corrected chi connectivity index (χ4v) is 5.29. The summed E-state index contributed by atoms with van der Waals surface area (Å²) in [5, 5.41) is 18.7. The number of carbonyl (C=O) groups is 2. The van der Waals surface area contributed by atoms with Crippen molar-refractivity contribution in [2.75, 3.05) is 0 Å². The number of allylic oxidation sites excluding steroid dienone is 7.